The second-order valence-corrected chi connectivity index (χ2v) is 8.85. The zero-order valence-electron chi connectivity index (χ0n) is 16.1. The summed E-state index contributed by atoms with van der Waals surface area (Å²) in [6.07, 6.45) is -3.85. The molecule has 6 nitrogen and oxygen atoms in total. The van der Waals surface area contributed by atoms with E-state index in [0.29, 0.717) is 18.9 Å². The molecule has 0 saturated carbocycles. The number of halogens is 3. The molecular weight excluding hydrogens is 421 g/mol. The van der Waals surface area contributed by atoms with Gasteiger partial charge < -0.3 is 10.6 Å². The van der Waals surface area contributed by atoms with E-state index in [2.05, 4.69) is 10.6 Å². The second kappa shape index (κ2) is 9.75. The third kappa shape index (κ3) is 7.51. The van der Waals surface area contributed by atoms with Crippen LogP contribution in [0.3, 0.4) is 0 Å². The fourth-order valence-corrected chi connectivity index (χ4v) is 3.92. The Morgan fingerprint density at radius 3 is 2.23 bits per heavy atom. The molecule has 0 aromatic heterocycles. The van der Waals surface area contributed by atoms with Crippen molar-refractivity contribution in [3.8, 4) is 0 Å². The maximum Gasteiger partial charge on any atom is 0.416 e. The van der Waals surface area contributed by atoms with Crippen molar-refractivity contribution >= 4 is 33.0 Å². The molecule has 0 spiro atoms. The average molecular weight is 442 g/mol. The zero-order valence-corrected chi connectivity index (χ0v) is 16.9. The Morgan fingerprint density at radius 2 is 1.63 bits per heavy atom. The van der Waals surface area contributed by atoms with Crippen molar-refractivity contribution < 1.29 is 31.2 Å². The predicted octanol–water partition coefficient (Wildman–Crippen LogP) is 3.65. The quantitative estimate of drug-likeness (QED) is 0.653. The summed E-state index contributed by atoms with van der Waals surface area (Å²) in [5.74, 6) is -2.66. The lowest BCUT2D eigenvalue weighted by Crippen LogP contribution is -2.25. The lowest BCUT2D eigenvalue weighted by atomic mass is 10.1. The van der Waals surface area contributed by atoms with Gasteiger partial charge in [-0.05, 0) is 36.6 Å². The van der Waals surface area contributed by atoms with E-state index in [4.69, 9.17) is 0 Å². The third-order valence-corrected chi connectivity index (χ3v) is 5.66. The average Bonchev–Trinajstić information content (AvgIpc) is 2.62. The number of hydrogen-bond acceptors (Lipinski definition) is 4. The highest BCUT2D eigenvalue weighted by molar-refractivity contribution is 7.92. The lowest BCUT2D eigenvalue weighted by Gasteiger charge is -2.15. The summed E-state index contributed by atoms with van der Waals surface area (Å²) < 4.78 is 63.3. The molecule has 30 heavy (non-hydrogen) atoms. The van der Waals surface area contributed by atoms with Crippen LogP contribution in [0.2, 0.25) is 0 Å². The lowest BCUT2D eigenvalue weighted by molar-refractivity contribution is -0.137. The van der Waals surface area contributed by atoms with Crippen LogP contribution in [-0.2, 0) is 32.0 Å². The second-order valence-electron chi connectivity index (χ2n) is 6.67. The Hall–Kier alpha value is -2.88. The van der Waals surface area contributed by atoms with Crippen molar-refractivity contribution in [3.05, 3.63) is 59.7 Å². The zero-order chi connectivity index (χ0) is 22.4. The number of hydrogen-bond donors (Lipinski definition) is 2. The molecule has 0 heterocycles. The molecule has 2 N–H and O–H groups in total. The first-order chi connectivity index (χ1) is 14.0. The van der Waals surface area contributed by atoms with E-state index >= 15 is 0 Å². The fraction of sp³-hybridized carbons (Fsp3) is 0.300. The molecule has 2 aromatic carbocycles. The van der Waals surface area contributed by atoms with E-state index in [1.165, 1.54) is 0 Å². The summed E-state index contributed by atoms with van der Waals surface area (Å²) in [6.45, 7) is 1.15. The van der Waals surface area contributed by atoms with Crippen LogP contribution >= 0.6 is 0 Å². The van der Waals surface area contributed by atoms with Gasteiger partial charge in [0.15, 0.2) is 9.84 Å². The van der Waals surface area contributed by atoms with Crippen molar-refractivity contribution in [1.82, 2.24) is 0 Å². The van der Waals surface area contributed by atoms with E-state index in [9.17, 15) is 31.2 Å². The number of amides is 2. The molecule has 0 bridgehead atoms. The molecule has 0 fully saturated rings. The summed E-state index contributed by atoms with van der Waals surface area (Å²) in [6, 6.07) is 11.6. The molecular formula is C20H21F3N2O4S. The molecule has 162 valence electrons. The number of anilines is 2. The minimum Gasteiger partial charge on any atom is -0.325 e. The topological polar surface area (TPSA) is 92.3 Å². The molecule has 0 radical (unpaired) electrons. The molecule has 0 unspecified atom stereocenters. The molecule has 0 saturated heterocycles. The molecule has 0 aliphatic rings. The summed E-state index contributed by atoms with van der Waals surface area (Å²) in [4.78, 5) is 23.4. The number of benzene rings is 2. The Kier molecular flexibility index (Phi) is 7.60. The summed E-state index contributed by atoms with van der Waals surface area (Å²) >= 11 is 0. The van der Waals surface area contributed by atoms with Crippen LogP contribution in [-0.4, -0.2) is 31.7 Å². The van der Waals surface area contributed by atoms with Crippen molar-refractivity contribution in [2.24, 2.45) is 0 Å². The van der Waals surface area contributed by atoms with Gasteiger partial charge in [0.1, 0.15) is 5.75 Å². The molecule has 2 amide bonds. The minimum atomic E-state index is -4.67. The van der Waals surface area contributed by atoms with Gasteiger partial charge in [0.25, 0.3) is 0 Å². The molecule has 2 rings (SSSR count). The van der Waals surface area contributed by atoms with Crippen LogP contribution in [0.5, 0.6) is 0 Å². The van der Waals surface area contributed by atoms with Gasteiger partial charge >= 0.3 is 6.18 Å². The monoisotopic (exact) mass is 442 g/mol. The van der Waals surface area contributed by atoms with E-state index in [1.54, 1.807) is 0 Å². The number of rotatable bonds is 8. The predicted molar refractivity (Wildman–Crippen MR) is 108 cm³/mol. The van der Waals surface area contributed by atoms with Crippen LogP contribution in [0.1, 0.15) is 24.5 Å². The first kappa shape index (κ1) is 23.4. The Bertz CT molecular complexity index is 1010. The van der Waals surface area contributed by atoms with E-state index in [0.717, 1.165) is 24.6 Å². The van der Waals surface area contributed by atoms with E-state index in [-0.39, 0.29) is 17.1 Å². The van der Waals surface area contributed by atoms with Crippen molar-refractivity contribution in [3.63, 3.8) is 0 Å². The summed E-state index contributed by atoms with van der Waals surface area (Å²) in [7, 11) is -3.77. The number of alkyl halides is 3. The van der Waals surface area contributed by atoms with Crippen LogP contribution in [0, 0.1) is 0 Å². The highest BCUT2D eigenvalue weighted by Crippen LogP contribution is 2.34. The Labute approximate surface area is 172 Å². The van der Waals surface area contributed by atoms with Gasteiger partial charge in [-0.2, -0.15) is 13.2 Å². The Balaban J connectivity index is 2.05. The minimum absolute atomic E-state index is 0.0645. The van der Waals surface area contributed by atoms with Crippen LogP contribution < -0.4 is 10.6 Å². The maximum absolute atomic E-state index is 13.0. The third-order valence-electron chi connectivity index (χ3n) is 4.05. The number of sulfone groups is 1. The first-order valence-electron chi connectivity index (χ1n) is 8.99. The molecule has 0 aliphatic carbocycles. The number of carbonyl (C=O) groups excluding carboxylic acids is 2. The highest BCUT2D eigenvalue weighted by Gasteiger charge is 2.31. The van der Waals surface area contributed by atoms with Gasteiger partial charge in [-0.1, -0.05) is 30.3 Å². The van der Waals surface area contributed by atoms with Crippen molar-refractivity contribution in [2.75, 3.05) is 22.1 Å². The highest BCUT2D eigenvalue weighted by atomic mass is 32.2. The number of nitrogens with one attached hydrogen (secondary N) is 2. The summed E-state index contributed by atoms with van der Waals surface area (Å²) in [5.41, 5.74) is -0.478. The van der Waals surface area contributed by atoms with Gasteiger partial charge in [-0.25, -0.2) is 8.42 Å². The molecule has 0 aliphatic heterocycles. The largest absolute Gasteiger partial charge is 0.416 e. The number of carbonyl (C=O) groups is 2. The van der Waals surface area contributed by atoms with Crippen molar-refractivity contribution in [1.29, 1.82) is 0 Å². The molecule has 0 atom stereocenters. The molecule has 10 heteroatoms. The van der Waals surface area contributed by atoms with Gasteiger partial charge in [-0.15, -0.1) is 0 Å². The van der Waals surface area contributed by atoms with Gasteiger partial charge in [0.05, 0.1) is 22.7 Å². The van der Waals surface area contributed by atoms with Crippen LogP contribution in [0.25, 0.3) is 0 Å². The van der Waals surface area contributed by atoms with E-state index in [1.807, 2.05) is 30.3 Å². The maximum atomic E-state index is 13.0. The van der Waals surface area contributed by atoms with Crippen LogP contribution in [0.15, 0.2) is 48.5 Å². The van der Waals surface area contributed by atoms with E-state index < -0.39 is 39.1 Å². The standard InChI is InChI=1S/C20H21F3N2O4S/c1-14(26)24-17-10-9-16(20(21,22)23)12-18(17)25-19(27)13-30(28,29)11-5-8-15-6-3-2-4-7-15/h2-4,6-7,9-10,12H,5,8,11,13H2,1H3,(H,24,26)(H,25,27). The smallest absolute Gasteiger partial charge is 0.325 e. The van der Waals surface area contributed by atoms with Gasteiger partial charge in [0, 0.05) is 6.92 Å². The normalized spacial score (nSPS) is 11.7. The first-order valence-corrected chi connectivity index (χ1v) is 10.8. The number of aryl methyl sites for hydroxylation is 1. The summed E-state index contributed by atoms with van der Waals surface area (Å²) in [5, 5.41) is 4.46. The fourth-order valence-electron chi connectivity index (χ4n) is 2.72. The molecule has 2 aromatic rings. The Morgan fingerprint density at radius 1 is 0.967 bits per heavy atom. The van der Waals surface area contributed by atoms with Gasteiger partial charge in [0.2, 0.25) is 11.8 Å². The van der Waals surface area contributed by atoms with Gasteiger partial charge in [-0.3, -0.25) is 9.59 Å². The van der Waals surface area contributed by atoms with Crippen molar-refractivity contribution in [2.45, 2.75) is 25.9 Å². The SMILES string of the molecule is CC(=O)Nc1ccc(C(F)(F)F)cc1NC(=O)CS(=O)(=O)CCCc1ccccc1. The van der Waals surface area contributed by atoms with Crippen LogP contribution in [0.4, 0.5) is 24.5 Å².